The summed E-state index contributed by atoms with van der Waals surface area (Å²) in [6, 6.07) is 0.545. The Morgan fingerprint density at radius 1 is 1.58 bits per heavy atom. The number of carbonyl (C=O) groups excluding carboxylic acids is 1. The predicted molar refractivity (Wildman–Crippen MR) is 47.7 cm³/mol. The summed E-state index contributed by atoms with van der Waals surface area (Å²) in [6.07, 6.45) is 4.63. The van der Waals surface area contributed by atoms with Gasteiger partial charge < -0.3 is 5.32 Å². The second-order valence-electron chi connectivity index (χ2n) is 4.78. The number of rotatable bonds is 3. The molecule has 1 amide bonds. The summed E-state index contributed by atoms with van der Waals surface area (Å²) < 4.78 is 0. The Morgan fingerprint density at radius 3 is 2.67 bits per heavy atom. The molecule has 1 unspecified atom stereocenters. The van der Waals surface area contributed by atoms with E-state index in [1.807, 2.05) is 0 Å². The highest BCUT2D eigenvalue weighted by atomic mass is 16.1. The van der Waals surface area contributed by atoms with Crippen LogP contribution in [0.3, 0.4) is 0 Å². The lowest BCUT2D eigenvalue weighted by molar-refractivity contribution is -0.122. The molecular formula is C10H17NO. The Morgan fingerprint density at radius 2 is 2.25 bits per heavy atom. The maximum absolute atomic E-state index is 11.3. The van der Waals surface area contributed by atoms with Gasteiger partial charge in [-0.3, -0.25) is 4.79 Å². The monoisotopic (exact) mass is 167 g/mol. The Kier molecular flexibility index (Phi) is 1.67. The lowest BCUT2D eigenvalue weighted by Gasteiger charge is -2.05. The van der Waals surface area contributed by atoms with Gasteiger partial charge in [-0.15, -0.1) is 0 Å². The maximum atomic E-state index is 11.3. The van der Waals surface area contributed by atoms with Gasteiger partial charge in [0, 0.05) is 12.5 Å². The lowest BCUT2D eigenvalue weighted by atomic mass is 10.1. The maximum Gasteiger partial charge on any atom is 0.220 e. The van der Waals surface area contributed by atoms with E-state index in [4.69, 9.17) is 0 Å². The second kappa shape index (κ2) is 2.48. The van der Waals surface area contributed by atoms with Crippen LogP contribution in [0, 0.1) is 11.3 Å². The minimum atomic E-state index is 0.249. The predicted octanol–water partition coefficient (Wildman–Crippen LogP) is 1.70. The van der Waals surface area contributed by atoms with Crippen molar-refractivity contribution < 1.29 is 4.79 Å². The first-order chi connectivity index (χ1) is 5.62. The summed E-state index contributed by atoms with van der Waals surface area (Å²) in [7, 11) is 0. The van der Waals surface area contributed by atoms with Gasteiger partial charge in [-0.2, -0.15) is 0 Å². The molecule has 0 aromatic carbocycles. The minimum absolute atomic E-state index is 0.249. The second-order valence-corrected chi connectivity index (χ2v) is 4.78. The zero-order valence-electron chi connectivity index (χ0n) is 7.89. The number of amides is 1. The summed E-state index contributed by atoms with van der Waals surface area (Å²) in [5.41, 5.74) is 0.604. The average molecular weight is 167 g/mol. The van der Waals surface area contributed by atoms with Crippen LogP contribution in [0.25, 0.3) is 0 Å². The molecule has 2 aliphatic carbocycles. The zero-order chi connectivity index (χ0) is 8.77. The third-order valence-electron chi connectivity index (χ3n) is 3.01. The van der Waals surface area contributed by atoms with Crippen molar-refractivity contribution in [2.45, 2.75) is 45.6 Å². The molecule has 0 heterocycles. The topological polar surface area (TPSA) is 29.1 Å². The van der Waals surface area contributed by atoms with E-state index in [2.05, 4.69) is 19.2 Å². The number of nitrogens with one attached hydrogen (secondary N) is 1. The number of carbonyl (C=O) groups is 1. The van der Waals surface area contributed by atoms with Crippen LogP contribution in [0.4, 0.5) is 0 Å². The highest BCUT2D eigenvalue weighted by Gasteiger charge is 2.63. The summed E-state index contributed by atoms with van der Waals surface area (Å²) in [6.45, 7) is 4.17. The zero-order valence-corrected chi connectivity index (χ0v) is 7.89. The van der Waals surface area contributed by atoms with Crippen LogP contribution in [-0.2, 0) is 4.79 Å². The van der Waals surface area contributed by atoms with Crippen molar-refractivity contribution in [1.82, 2.24) is 5.32 Å². The molecular weight excluding hydrogens is 150 g/mol. The third kappa shape index (κ3) is 1.47. The van der Waals surface area contributed by atoms with Crippen LogP contribution in [0.2, 0.25) is 0 Å². The third-order valence-corrected chi connectivity index (χ3v) is 3.01. The van der Waals surface area contributed by atoms with Gasteiger partial charge in [0.25, 0.3) is 0 Å². The van der Waals surface area contributed by atoms with Gasteiger partial charge >= 0.3 is 0 Å². The molecule has 2 rings (SSSR count). The first kappa shape index (κ1) is 8.09. The fraction of sp³-hybridized carbons (Fsp3) is 0.900. The Labute approximate surface area is 73.7 Å². The largest absolute Gasteiger partial charge is 0.353 e. The van der Waals surface area contributed by atoms with Crippen molar-refractivity contribution in [2.75, 3.05) is 0 Å². The standard InChI is InChI=1S/C10H17NO/c1-7(2)5-9(12)11-8-6-10(8)3-4-10/h7-8H,3-6H2,1-2H3,(H,11,12). The average Bonchev–Trinajstić information content (AvgIpc) is 2.75. The summed E-state index contributed by atoms with van der Waals surface area (Å²) >= 11 is 0. The van der Waals surface area contributed by atoms with E-state index in [0.717, 1.165) is 0 Å². The van der Waals surface area contributed by atoms with Crippen molar-refractivity contribution >= 4 is 5.91 Å². The van der Waals surface area contributed by atoms with Crippen molar-refractivity contribution in [3.05, 3.63) is 0 Å². The highest BCUT2D eigenvalue weighted by molar-refractivity contribution is 5.77. The van der Waals surface area contributed by atoms with Crippen molar-refractivity contribution in [1.29, 1.82) is 0 Å². The minimum Gasteiger partial charge on any atom is -0.353 e. The molecule has 68 valence electrons. The van der Waals surface area contributed by atoms with E-state index < -0.39 is 0 Å². The quantitative estimate of drug-likeness (QED) is 0.681. The van der Waals surface area contributed by atoms with Gasteiger partial charge in [0.15, 0.2) is 0 Å². The Bertz CT molecular complexity index is 206. The van der Waals surface area contributed by atoms with Crippen LogP contribution in [-0.4, -0.2) is 11.9 Å². The first-order valence-electron chi connectivity index (χ1n) is 4.92. The van der Waals surface area contributed by atoms with E-state index in [9.17, 15) is 4.79 Å². The van der Waals surface area contributed by atoms with Crippen LogP contribution in [0.15, 0.2) is 0 Å². The van der Waals surface area contributed by atoms with E-state index in [-0.39, 0.29) is 5.91 Å². The molecule has 2 nitrogen and oxygen atoms in total. The molecule has 0 aliphatic heterocycles. The van der Waals surface area contributed by atoms with Gasteiger partial charge in [-0.25, -0.2) is 0 Å². The van der Waals surface area contributed by atoms with E-state index >= 15 is 0 Å². The number of hydrogen-bond acceptors (Lipinski definition) is 1. The van der Waals surface area contributed by atoms with E-state index in [0.29, 0.717) is 23.8 Å². The summed E-state index contributed by atoms with van der Waals surface area (Å²) in [4.78, 5) is 11.3. The number of hydrogen-bond donors (Lipinski definition) is 1. The molecule has 2 fully saturated rings. The molecule has 0 bridgehead atoms. The lowest BCUT2D eigenvalue weighted by Crippen LogP contribution is -2.27. The van der Waals surface area contributed by atoms with Crippen LogP contribution in [0.1, 0.15) is 39.5 Å². The SMILES string of the molecule is CC(C)CC(=O)NC1CC12CC2. The molecule has 0 aromatic rings. The first-order valence-corrected chi connectivity index (χ1v) is 4.92. The fourth-order valence-electron chi connectivity index (χ4n) is 1.89. The van der Waals surface area contributed by atoms with Crippen LogP contribution in [0.5, 0.6) is 0 Å². The molecule has 2 aliphatic rings. The molecule has 0 saturated heterocycles. The van der Waals surface area contributed by atoms with E-state index in [1.165, 1.54) is 19.3 Å². The van der Waals surface area contributed by atoms with Gasteiger partial charge in [0.2, 0.25) is 5.91 Å². The fourth-order valence-corrected chi connectivity index (χ4v) is 1.89. The molecule has 0 aromatic heterocycles. The molecule has 1 N–H and O–H groups in total. The van der Waals surface area contributed by atoms with Gasteiger partial charge in [0.05, 0.1) is 0 Å². The van der Waals surface area contributed by atoms with Crippen LogP contribution >= 0.6 is 0 Å². The van der Waals surface area contributed by atoms with Gasteiger partial charge in [-0.1, -0.05) is 13.8 Å². The van der Waals surface area contributed by atoms with Crippen molar-refractivity contribution in [2.24, 2.45) is 11.3 Å². The molecule has 1 spiro atoms. The summed E-state index contributed by atoms with van der Waals surface area (Å²) in [5, 5.41) is 3.10. The molecule has 2 heteroatoms. The van der Waals surface area contributed by atoms with Gasteiger partial charge in [0.1, 0.15) is 0 Å². The van der Waals surface area contributed by atoms with E-state index in [1.54, 1.807) is 0 Å². The van der Waals surface area contributed by atoms with Gasteiger partial charge in [-0.05, 0) is 30.6 Å². The molecule has 2 saturated carbocycles. The Balaban J connectivity index is 1.70. The van der Waals surface area contributed by atoms with Crippen molar-refractivity contribution in [3.63, 3.8) is 0 Å². The smallest absolute Gasteiger partial charge is 0.220 e. The Hall–Kier alpha value is -0.530. The molecule has 1 atom stereocenters. The molecule has 0 radical (unpaired) electrons. The highest BCUT2D eigenvalue weighted by Crippen LogP contribution is 2.65. The van der Waals surface area contributed by atoms with Crippen LogP contribution < -0.4 is 5.32 Å². The van der Waals surface area contributed by atoms with Crippen molar-refractivity contribution in [3.8, 4) is 0 Å². The summed E-state index contributed by atoms with van der Waals surface area (Å²) in [5.74, 6) is 0.734. The normalized spacial score (nSPS) is 29.1. The molecule has 12 heavy (non-hydrogen) atoms.